The van der Waals surface area contributed by atoms with Gasteiger partial charge >= 0.3 is 0 Å². The van der Waals surface area contributed by atoms with Gasteiger partial charge in [-0.15, -0.1) is 0 Å². The maximum Gasteiger partial charge on any atom is 0.225 e. The van der Waals surface area contributed by atoms with Crippen molar-refractivity contribution in [2.24, 2.45) is 5.92 Å². The standard InChI is InChI=1S/C16H27N3O2/c1-18-11-12(10-15(18)20)16(21)17-13-6-2-3-7-14(13)19-8-4-5-9-19/h12-14H,2-11H2,1H3,(H,17,21)/t12?,13-,14-/m0/s1. The summed E-state index contributed by atoms with van der Waals surface area (Å²) in [5.41, 5.74) is 0. The summed E-state index contributed by atoms with van der Waals surface area (Å²) in [4.78, 5) is 28.3. The first-order valence-corrected chi connectivity index (χ1v) is 8.43. The smallest absolute Gasteiger partial charge is 0.225 e. The molecule has 1 N–H and O–H groups in total. The summed E-state index contributed by atoms with van der Waals surface area (Å²) in [7, 11) is 1.78. The van der Waals surface area contributed by atoms with Crippen molar-refractivity contribution in [1.29, 1.82) is 0 Å². The second-order valence-corrected chi connectivity index (χ2v) is 6.89. The molecule has 0 aromatic heterocycles. The van der Waals surface area contributed by atoms with Crippen LogP contribution in [0.1, 0.15) is 44.9 Å². The number of amides is 2. The Bertz CT molecular complexity index is 406. The van der Waals surface area contributed by atoms with Crippen molar-refractivity contribution in [3.63, 3.8) is 0 Å². The molecule has 0 radical (unpaired) electrons. The van der Waals surface area contributed by atoms with Crippen molar-refractivity contribution in [3.8, 4) is 0 Å². The molecule has 3 fully saturated rings. The maximum absolute atomic E-state index is 12.5. The molecule has 1 unspecified atom stereocenters. The zero-order valence-corrected chi connectivity index (χ0v) is 13.0. The molecule has 1 saturated carbocycles. The predicted molar refractivity (Wildman–Crippen MR) is 80.7 cm³/mol. The van der Waals surface area contributed by atoms with Gasteiger partial charge in [-0.2, -0.15) is 0 Å². The van der Waals surface area contributed by atoms with Crippen molar-refractivity contribution in [3.05, 3.63) is 0 Å². The molecule has 3 aliphatic rings. The number of carbonyl (C=O) groups is 2. The minimum absolute atomic E-state index is 0.0868. The average molecular weight is 293 g/mol. The van der Waals surface area contributed by atoms with E-state index in [4.69, 9.17) is 0 Å². The molecule has 3 rings (SSSR count). The number of hydrogen-bond acceptors (Lipinski definition) is 3. The van der Waals surface area contributed by atoms with Gasteiger partial charge in [-0.3, -0.25) is 14.5 Å². The van der Waals surface area contributed by atoms with Gasteiger partial charge in [0.05, 0.1) is 5.92 Å². The van der Waals surface area contributed by atoms with Crippen LogP contribution in [0.2, 0.25) is 0 Å². The Morgan fingerprint density at radius 3 is 2.52 bits per heavy atom. The predicted octanol–water partition coefficient (Wildman–Crippen LogP) is 0.988. The first-order valence-electron chi connectivity index (χ1n) is 8.43. The maximum atomic E-state index is 12.5. The quantitative estimate of drug-likeness (QED) is 0.844. The zero-order chi connectivity index (χ0) is 14.8. The Morgan fingerprint density at radius 2 is 1.86 bits per heavy atom. The fourth-order valence-corrected chi connectivity index (χ4v) is 4.13. The highest BCUT2D eigenvalue weighted by atomic mass is 16.2. The van der Waals surface area contributed by atoms with Gasteiger partial charge in [-0.25, -0.2) is 0 Å². The van der Waals surface area contributed by atoms with Crippen LogP contribution in [0, 0.1) is 5.92 Å². The van der Waals surface area contributed by atoms with Gasteiger partial charge in [-0.1, -0.05) is 12.8 Å². The van der Waals surface area contributed by atoms with Crippen LogP contribution in [-0.4, -0.2) is 60.4 Å². The van der Waals surface area contributed by atoms with Crippen LogP contribution in [0.5, 0.6) is 0 Å². The first kappa shape index (κ1) is 14.8. The fourth-order valence-electron chi connectivity index (χ4n) is 4.13. The van der Waals surface area contributed by atoms with Gasteiger partial charge in [0.2, 0.25) is 11.8 Å². The topological polar surface area (TPSA) is 52.7 Å². The molecule has 0 spiro atoms. The van der Waals surface area contributed by atoms with Crippen LogP contribution in [0.4, 0.5) is 0 Å². The summed E-state index contributed by atoms with van der Waals surface area (Å²) in [6, 6.07) is 0.797. The third-order valence-corrected chi connectivity index (χ3v) is 5.38. The Hall–Kier alpha value is -1.10. The normalized spacial score (nSPS) is 34.4. The van der Waals surface area contributed by atoms with E-state index in [1.54, 1.807) is 11.9 Å². The molecule has 0 bridgehead atoms. The lowest BCUT2D eigenvalue weighted by atomic mass is 9.88. The van der Waals surface area contributed by atoms with Crippen molar-refractivity contribution < 1.29 is 9.59 Å². The molecule has 3 atom stereocenters. The Labute approximate surface area is 127 Å². The van der Waals surface area contributed by atoms with Crippen LogP contribution in [-0.2, 0) is 9.59 Å². The molecule has 118 valence electrons. The summed E-state index contributed by atoms with van der Waals surface area (Å²) in [5.74, 6) is 0.0299. The van der Waals surface area contributed by atoms with Crippen LogP contribution >= 0.6 is 0 Å². The highest BCUT2D eigenvalue weighted by molar-refractivity contribution is 5.89. The highest BCUT2D eigenvalue weighted by Crippen LogP contribution is 2.27. The number of carbonyl (C=O) groups excluding carboxylic acids is 2. The molecule has 21 heavy (non-hydrogen) atoms. The van der Waals surface area contributed by atoms with Crippen molar-refractivity contribution in [1.82, 2.24) is 15.1 Å². The van der Waals surface area contributed by atoms with E-state index in [1.165, 1.54) is 45.2 Å². The van der Waals surface area contributed by atoms with Gasteiger partial charge in [-0.05, 0) is 38.8 Å². The molecule has 0 aromatic carbocycles. The highest BCUT2D eigenvalue weighted by Gasteiger charge is 2.36. The molecular weight excluding hydrogens is 266 g/mol. The molecule has 5 heteroatoms. The molecule has 2 amide bonds. The fraction of sp³-hybridized carbons (Fsp3) is 0.875. The molecule has 1 aliphatic carbocycles. The second-order valence-electron chi connectivity index (χ2n) is 6.89. The molecule has 2 aliphatic heterocycles. The molecule has 5 nitrogen and oxygen atoms in total. The van der Waals surface area contributed by atoms with Crippen LogP contribution < -0.4 is 5.32 Å². The van der Waals surface area contributed by atoms with Gasteiger partial charge in [0.15, 0.2) is 0 Å². The lowest BCUT2D eigenvalue weighted by Crippen LogP contribution is -2.53. The summed E-state index contributed by atoms with van der Waals surface area (Å²) >= 11 is 0. The number of nitrogens with one attached hydrogen (secondary N) is 1. The van der Waals surface area contributed by atoms with E-state index in [2.05, 4.69) is 10.2 Å². The minimum Gasteiger partial charge on any atom is -0.351 e. The molecular formula is C16H27N3O2. The monoisotopic (exact) mass is 293 g/mol. The third-order valence-electron chi connectivity index (χ3n) is 5.38. The first-order chi connectivity index (χ1) is 10.1. The number of nitrogens with zero attached hydrogens (tertiary/aromatic N) is 2. The summed E-state index contributed by atoms with van der Waals surface area (Å²) in [6.45, 7) is 2.94. The van der Waals surface area contributed by atoms with Gasteiger partial charge in [0.25, 0.3) is 0 Å². The summed E-state index contributed by atoms with van der Waals surface area (Å²) < 4.78 is 0. The van der Waals surface area contributed by atoms with E-state index in [-0.39, 0.29) is 23.8 Å². The Balaban J connectivity index is 1.59. The van der Waals surface area contributed by atoms with Gasteiger partial charge in [0, 0.05) is 32.1 Å². The van der Waals surface area contributed by atoms with Gasteiger partial charge in [0.1, 0.15) is 0 Å². The van der Waals surface area contributed by atoms with E-state index >= 15 is 0 Å². The number of hydrogen-bond donors (Lipinski definition) is 1. The van der Waals surface area contributed by atoms with E-state index < -0.39 is 0 Å². The SMILES string of the molecule is CN1CC(C(=O)N[C@H]2CCCC[C@@H]2N2CCCC2)CC1=O. The second kappa shape index (κ2) is 6.34. The zero-order valence-electron chi connectivity index (χ0n) is 13.0. The largest absolute Gasteiger partial charge is 0.351 e. The molecule has 2 saturated heterocycles. The third kappa shape index (κ3) is 3.23. The number of rotatable bonds is 3. The Morgan fingerprint density at radius 1 is 1.14 bits per heavy atom. The van der Waals surface area contributed by atoms with E-state index in [0.717, 1.165) is 6.42 Å². The summed E-state index contributed by atoms with van der Waals surface area (Å²) in [6.07, 6.45) is 7.73. The van der Waals surface area contributed by atoms with E-state index in [1.807, 2.05) is 0 Å². The van der Waals surface area contributed by atoms with Crippen molar-refractivity contribution in [2.75, 3.05) is 26.7 Å². The summed E-state index contributed by atoms with van der Waals surface area (Å²) in [5, 5.41) is 3.27. The van der Waals surface area contributed by atoms with Crippen molar-refractivity contribution >= 4 is 11.8 Å². The van der Waals surface area contributed by atoms with Crippen LogP contribution in [0.25, 0.3) is 0 Å². The molecule has 0 aromatic rings. The minimum atomic E-state index is -0.149. The lowest BCUT2D eigenvalue weighted by Gasteiger charge is -2.38. The van der Waals surface area contributed by atoms with E-state index in [9.17, 15) is 9.59 Å². The Kier molecular flexibility index (Phi) is 4.48. The van der Waals surface area contributed by atoms with Crippen LogP contribution in [0.15, 0.2) is 0 Å². The average Bonchev–Trinajstić information content (AvgIpc) is 3.10. The van der Waals surface area contributed by atoms with Gasteiger partial charge < -0.3 is 10.2 Å². The molecule has 2 heterocycles. The van der Waals surface area contributed by atoms with Crippen LogP contribution in [0.3, 0.4) is 0 Å². The lowest BCUT2D eigenvalue weighted by molar-refractivity contribution is -0.128. The van der Waals surface area contributed by atoms with Crippen molar-refractivity contribution in [2.45, 2.75) is 57.0 Å². The van der Waals surface area contributed by atoms with E-state index in [0.29, 0.717) is 19.0 Å². The number of likely N-dealkylation sites (tertiary alicyclic amines) is 2.